The smallest absolute Gasteiger partial charge is 0.165 e. The molecule has 0 spiro atoms. The van der Waals surface area contributed by atoms with Crippen LogP contribution >= 0.6 is 0 Å². The van der Waals surface area contributed by atoms with Crippen molar-refractivity contribution in [3.8, 4) is 56.2 Å². The highest BCUT2D eigenvalue weighted by molar-refractivity contribution is 6.09. The molecule has 0 unspecified atom stereocenters. The van der Waals surface area contributed by atoms with Gasteiger partial charge in [0.1, 0.15) is 11.2 Å². The Balaban J connectivity index is 1.03. The van der Waals surface area contributed by atoms with E-state index in [1.807, 2.05) is 42.6 Å². The second-order valence-corrected chi connectivity index (χ2v) is 12.7. The maximum atomic E-state index is 5.22. The third-order valence-corrected chi connectivity index (χ3v) is 9.64. The molecular formula is C46H29N5. The molecule has 5 heteroatoms. The summed E-state index contributed by atoms with van der Waals surface area (Å²) in [6.45, 7) is 0. The number of imidazole rings is 1. The van der Waals surface area contributed by atoms with Gasteiger partial charge in [-0.25, -0.2) is 19.9 Å². The Kier molecular flexibility index (Phi) is 6.74. The minimum atomic E-state index is 0.711. The van der Waals surface area contributed by atoms with Crippen molar-refractivity contribution in [2.24, 2.45) is 0 Å². The van der Waals surface area contributed by atoms with Crippen LogP contribution in [0.2, 0.25) is 0 Å². The number of fused-ring (bicyclic) bond motifs is 6. The fourth-order valence-electron chi connectivity index (χ4n) is 7.09. The predicted molar refractivity (Wildman–Crippen MR) is 208 cm³/mol. The van der Waals surface area contributed by atoms with Gasteiger partial charge in [-0.2, -0.15) is 0 Å². The number of aromatic nitrogens is 5. The molecule has 0 bridgehead atoms. The number of pyridine rings is 2. The van der Waals surface area contributed by atoms with Gasteiger partial charge in [0, 0.05) is 39.0 Å². The van der Waals surface area contributed by atoms with E-state index >= 15 is 0 Å². The largest absolute Gasteiger partial charge is 0.284 e. The Morgan fingerprint density at radius 3 is 1.76 bits per heavy atom. The molecule has 0 fully saturated rings. The zero-order valence-corrected chi connectivity index (χ0v) is 27.5. The second kappa shape index (κ2) is 11.9. The summed E-state index contributed by atoms with van der Waals surface area (Å²) in [6, 6.07) is 58.9. The molecule has 10 aromatic rings. The van der Waals surface area contributed by atoms with Gasteiger partial charge in [0.15, 0.2) is 11.5 Å². The number of benzene rings is 6. The summed E-state index contributed by atoms with van der Waals surface area (Å²) in [7, 11) is 0. The molecule has 51 heavy (non-hydrogen) atoms. The summed E-state index contributed by atoms with van der Waals surface area (Å²) >= 11 is 0. The normalized spacial score (nSPS) is 11.5. The van der Waals surface area contributed by atoms with Gasteiger partial charge in [0.05, 0.1) is 16.9 Å². The number of para-hydroxylation sites is 1. The highest BCUT2D eigenvalue weighted by atomic mass is 15.1. The Morgan fingerprint density at radius 2 is 0.941 bits per heavy atom. The third-order valence-electron chi connectivity index (χ3n) is 9.64. The van der Waals surface area contributed by atoms with Gasteiger partial charge < -0.3 is 0 Å². The Labute approximate surface area is 294 Å². The summed E-state index contributed by atoms with van der Waals surface area (Å²) in [5.41, 5.74) is 13.1. The summed E-state index contributed by atoms with van der Waals surface area (Å²) in [5, 5.41) is 3.21. The first kappa shape index (κ1) is 29.0. The van der Waals surface area contributed by atoms with Crippen molar-refractivity contribution in [1.82, 2.24) is 24.3 Å². The summed E-state index contributed by atoms with van der Waals surface area (Å²) in [5.74, 6) is 0.711. The van der Waals surface area contributed by atoms with Crippen LogP contribution in [0, 0.1) is 0 Å². The molecule has 4 aromatic heterocycles. The molecule has 0 N–H and O–H groups in total. The van der Waals surface area contributed by atoms with E-state index in [0.29, 0.717) is 5.82 Å². The van der Waals surface area contributed by atoms with E-state index in [0.717, 1.165) is 77.7 Å². The van der Waals surface area contributed by atoms with E-state index in [1.54, 1.807) is 0 Å². The van der Waals surface area contributed by atoms with Gasteiger partial charge in [-0.15, -0.1) is 0 Å². The van der Waals surface area contributed by atoms with Crippen LogP contribution in [0.25, 0.3) is 94.6 Å². The van der Waals surface area contributed by atoms with Crippen LogP contribution < -0.4 is 0 Å². The van der Waals surface area contributed by atoms with Crippen molar-refractivity contribution in [2.75, 3.05) is 0 Å². The molecule has 5 nitrogen and oxygen atoms in total. The fourth-order valence-corrected chi connectivity index (χ4v) is 7.09. The Hall–Kier alpha value is -6.98. The summed E-state index contributed by atoms with van der Waals surface area (Å²) in [4.78, 5) is 20.3. The van der Waals surface area contributed by atoms with Crippen molar-refractivity contribution in [2.45, 2.75) is 0 Å². The molecule has 6 aromatic carbocycles. The molecule has 4 heterocycles. The van der Waals surface area contributed by atoms with E-state index in [9.17, 15) is 0 Å². The first-order valence-corrected chi connectivity index (χ1v) is 17.1. The van der Waals surface area contributed by atoms with Crippen molar-refractivity contribution in [3.05, 3.63) is 176 Å². The molecular weight excluding hydrogens is 623 g/mol. The first-order chi connectivity index (χ1) is 25.3. The predicted octanol–water partition coefficient (Wildman–Crippen LogP) is 11.3. The maximum Gasteiger partial charge on any atom is 0.165 e. The zero-order valence-electron chi connectivity index (χ0n) is 27.5. The van der Waals surface area contributed by atoms with Gasteiger partial charge in [-0.3, -0.25) is 4.40 Å². The van der Waals surface area contributed by atoms with Crippen LogP contribution in [0.5, 0.6) is 0 Å². The summed E-state index contributed by atoms with van der Waals surface area (Å²) < 4.78 is 2.07. The monoisotopic (exact) mass is 651 g/mol. The minimum Gasteiger partial charge on any atom is -0.284 e. The molecule has 0 aliphatic rings. The Morgan fingerprint density at radius 1 is 0.353 bits per heavy atom. The average molecular weight is 652 g/mol. The van der Waals surface area contributed by atoms with Crippen LogP contribution in [0.4, 0.5) is 0 Å². The molecule has 0 atom stereocenters. The first-order valence-electron chi connectivity index (χ1n) is 17.1. The highest BCUT2D eigenvalue weighted by Gasteiger charge is 2.16. The number of rotatable bonds is 5. The zero-order chi connectivity index (χ0) is 33.7. The van der Waals surface area contributed by atoms with Crippen molar-refractivity contribution in [3.63, 3.8) is 0 Å². The van der Waals surface area contributed by atoms with Gasteiger partial charge in [-0.1, -0.05) is 146 Å². The van der Waals surface area contributed by atoms with Crippen LogP contribution in [0.3, 0.4) is 0 Å². The van der Waals surface area contributed by atoms with Crippen LogP contribution in [-0.2, 0) is 0 Å². The summed E-state index contributed by atoms with van der Waals surface area (Å²) in [6.07, 6.45) is 2.03. The number of hydrogen-bond donors (Lipinski definition) is 0. The number of nitrogens with zero attached hydrogens (tertiary/aromatic N) is 5. The van der Waals surface area contributed by atoms with Gasteiger partial charge in [0.2, 0.25) is 0 Å². The topological polar surface area (TPSA) is 56.0 Å². The van der Waals surface area contributed by atoms with Crippen molar-refractivity contribution >= 4 is 38.5 Å². The highest BCUT2D eigenvalue weighted by Crippen LogP contribution is 2.36. The average Bonchev–Trinajstić information content (AvgIpc) is 3.60. The molecule has 0 aliphatic carbocycles. The van der Waals surface area contributed by atoms with Gasteiger partial charge in [-0.05, 0) is 46.5 Å². The van der Waals surface area contributed by atoms with Gasteiger partial charge >= 0.3 is 0 Å². The molecule has 0 radical (unpaired) electrons. The fraction of sp³-hybridized carbons (Fsp3) is 0. The molecule has 238 valence electrons. The lowest BCUT2D eigenvalue weighted by Gasteiger charge is -2.12. The van der Waals surface area contributed by atoms with E-state index < -0.39 is 0 Å². The number of hydrogen-bond acceptors (Lipinski definition) is 4. The van der Waals surface area contributed by atoms with Gasteiger partial charge in [0.25, 0.3) is 0 Å². The second-order valence-electron chi connectivity index (χ2n) is 12.7. The Bertz CT molecular complexity index is 2890. The lowest BCUT2D eigenvalue weighted by atomic mass is 9.97. The molecule has 0 aliphatic heterocycles. The minimum absolute atomic E-state index is 0.711. The van der Waals surface area contributed by atoms with E-state index in [2.05, 4.69) is 138 Å². The van der Waals surface area contributed by atoms with E-state index in [4.69, 9.17) is 19.9 Å². The van der Waals surface area contributed by atoms with Crippen LogP contribution in [0.15, 0.2) is 176 Å². The lowest BCUT2D eigenvalue weighted by Crippen LogP contribution is -1.95. The SMILES string of the molecule is c1ccc(-c2ccc(-c3nc(-c4ccc(-c5cccc(-c6nc7c(nc8ccccn87)c7ccccc67)c5)cc4)c4ccccc4n3)cc2)cc1. The molecule has 0 amide bonds. The van der Waals surface area contributed by atoms with E-state index in [1.165, 1.54) is 11.1 Å². The molecule has 0 saturated carbocycles. The standard InChI is InChI=1S/C46H29N5/c1-2-11-30(12-3-1)31-22-26-34(27-23-31)45-47-40-18-7-6-17-39(40)42(49-45)33-24-20-32(21-25-33)35-13-10-14-36(29-35)43-37-15-4-5-16-38(37)44-46(50-43)51-28-9-8-19-41(51)48-44/h1-29H. The van der Waals surface area contributed by atoms with Crippen LogP contribution in [-0.4, -0.2) is 24.3 Å². The van der Waals surface area contributed by atoms with E-state index in [-0.39, 0.29) is 0 Å². The van der Waals surface area contributed by atoms with Crippen molar-refractivity contribution < 1.29 is 0 Å². The third kappa shape index (κ3) is 5.03. The molecule has 0 saturated heterocycles. The molecule has 10 rings (SSSR count). The van der Waals surface area contributed by atoms with Crippen molar-refractivity contribution in [1.29, 1.82) is 0 Å². The lowest BCUT2D eigenvalue weighted by molar-refractivity contribution is 1.19. The van der Waals surface area contributed by atoms with Crippen LogP contribution in [0.1, 0.15) is 0 Å². The maximum absolute atomic E-state index is 5.22. The quantitative estimate of drug-likeness (QED) is 0.186.